The fraction of sp³-hybridized carbons (Fsp3) is 0.762. The van der Waals surface area contributed by atoms with Crippen molar-refractivity contribution >= 4 is 6.29 Å². The van der Waals surface area contributed by atoms with E-state index in [1.54, 1.807) is 7.11 Å². The Kier molecular flexibility index (Phi) is 5.00. The summed E-state index contributed by atoms with van der Waals surface area (Å²) in [4.78, 5) is 11.6. The smallest absolute Gasteiger partial charge is 0.169 e. The minimum Gasteiger partial charge on any atom is -0.370 e. The minimum atomic E-state index is -0.649. The van der Waals surface area contributed by atoms with Gasteiger partial charge in [-0.05, 0) is 51.0 Å². The molecule has 0 aromatic heterocycles. The highest BCUT2D eigenvalue weighted by Crippen LogP contribution is 2.61. The Morgan fingerprint density at radius 1 is 1.40 bits per heavy atom. The molecular formula is C21H32O4. The monoisotopic (exact) mass is 348 g/mol. The van der Waals surface area contributed by atoms with Gasteiger partial charge in [0.1, 0.15) is 11.9 Å². The van der Waals surface area contributed by atoms with E-state index in [0.717, 1.165) is 25.5 Å². The summed E-state index contributed by atoms with van der Waals surface area (Å²) in [6.45, 7) is 9.17. The van der Waals surface area contributed by atoms with E-state index in [4.69, 9.17) is 14.2 Å². The molecule has 140 valence electrons. The predicted octanol–water partition coefficient (Wildman–Crippen LogP) is 4.19. The standard InChI is InChI=1S/C21H32O4/c1-15(2)7-6-10-19(3)11-8-16-14-24-18-13-20(4,23-5)25-21(16,18)17(19)9-12-22/h7-8,12,17-18H,6,9-11,13-14H2,1-5H3/t17-,18+,19+,20-,21+/m1/s1. The molecule has 1 aliphatic carbocycles. The fourth-order valence-corrected chi connectivity index (χ4v) is 5.11. The van der Waals surface area contributed by atoms with Crippen molar-refractivity contribution in [1.29, 1.82) is 0 Å². The van der Waals surface area contributed by atoms with Crippen LogP contribution in [0.2, 0.25) is 0 Å². The van der Waals surface area contributed by atoms with Crippen LogP contribution in [0.4, 0.5) is 0 Å². The molecule has 1 spiro atoms. The van der Waals surface area contributed by atoms with Crippen molar-refractivity contribution in [2.45, 2.75) is 77.3 Å². The molecule has 4 heteroatoms. The lowest BCUT2D eigenvalue weighted by Gasteiger charge is -2.50. The number of rotatable bonds is 6. The zero-order chi connectivity index (χ0) is 18.3. The van der Waals surface area contributed by atoms with E-state index in [1.165, 1.54) is 11.1 Å². The van der Waals surface area contributed by atoms with E-state index < -0.39 is 11.4 Å². The van der Waals surface area contributed by atoms with Gasteiger partial charge in [0.2, 0.25) is 0 Å². The Morgan fingerprint density at radius 2 is 2.16 bits per heavy atom. The third kappa shape index (κ3) is 3.02. The summed E-state index contributed by atoms with van der Waals surface area (Å²) in [6.07, 6.45) is 9.88. The SMILES string of the molecule is CO[C@@]1(C)C[C@@H]2OCC3=CC[C@](C)(CCC=C(C)C)[C@@H](CC=O)[C@@]32O1. The Hall–Kier alpha value is -0.970. The maximum Gasteiger partial charge on any atom is 0.169 e. The van der Waals surface area contributed by atoms with Crippen molar-refractivity contribution in [3.63, 3.8) is 0 Å². The van der Waals surface area contributed by atoms with Gasteiger partial charge in [0.15, 0.2) is 5.79 Å². The van der Waals surface area contributed by atoms with E-state index in [9.17, 15) is 4.79 Å². The molecule has 0 saturated carbocycles. The highest BCUT2D eigenvalue weighted by atomic mass is 16.7. The Bertz CT molecular complexity index is 591. The number of aldehydes is 1. The van der Waals surface area contributed by atoms with Crippen LogP contribution in [0.5, 0.6) is 0 Å². The predicted molar refractivity (Wildman–Crippen MR) is 97.2 cm³/mol. The first-order valence-corrected chi connectivity index (χ1v) is 9.43. The average Bonchev–Trinajstić information content (AvgIpc) is 3.02. The topological polar surface area (TPSA) is 44.8 Å². The lowest BCUT2D eigenvalue weighted by Crippen LogP contribution is -2.54. The molecular weight excluding hydrogens is 316 g/mol. The second-order valence-electron chi connectivity index (χ2n) is 8.60. The Balaban J connectivity index is 1.97. The number of ether oxygens (including phenoxy) is 3. The van der Waals surface area contributed by atoms with Gasteiger partial charge in [0.25, 0.3) is 0 Å². The lowest BCUT2D eigenvalue weighted by molar-refractivity contribution is -0.241. The van der Waals surface area contributed by atoms with Crippen LogP contribution in [0, 0.1) is 11.3 Å². The van der Waals surface area contributed by atoms with Gasteiger partial charge in [-0.1, -0.05) is 24.6 Å². The summed E-state index contributed by atoms with van der Waals surface area (Å²) in [6, 6.07) is 0. The van der Waals surface area contributed by atoms with E-state index in [1.807, 2.05) is 6.92 Å². The Morgan fingerprint density at radius 3 is 2.80 bits per heavy atom. The lowest BCUT2D eigenvalue weighted by atomic mass is 9.57. The average molecular weight is 348 g/mol. The van der Waals surface area contributed by atoms with Crippen molar-refractivity contribution in [3.05, 3.63) is 23.3 Å². The molecule has 3 aliphatic rings. The fourth-order valence-electron chi connectivity index (χ4n) is 5.11. The third-order valence-corrected chi connectivity index (χ3v) is 6.57. The van der Waals surface area contributed by atoms with Crippen molar-refractivity contribution in [2.24, 2.45) is 11.3 Å². The number of methoxy groups -OCH3 is 1. The molecule has 2 heterocycles. The van der Waals surface area contributed by atoms with E-state index in [0.29, 0.717) is 19.4 Å². The number of carbonyl (C=O) groups is 1. The maximum absolute atomic E-state index is 11.6. The van der Waals surface area contributed by atoms with E-state index >= 15 is 0 Å². The molecule has 5 atom stereocenters. The first kappa shape index (κ1) is 18.8. The van der Waals surface area contributed by atoms with E-state index in [-0.39, 0.29) is 17.4 Å². The van der Waals surface area contributed by atoms with Crippen LogP contribution in [-0.2, 0) is 19.0 Å². The molecule has 4 nitrogen and oxygen atoms in total. The van der Waals surface area contributed by atoms with Gasteiger partial charge < -0.3 is 19.0 Å². The zero-order valence-corrected chi connectivity index (χ0v) is 16.3. The molecule has 0 N–H and O–H groups in total. The summed E-state index contributed by atoms with van der Waals surface area (Å²) in [7, 11) is 1.69. The summed E-state index contributed by atoms with van der Waals surface area (Å²) >= 11 is 0. The van der Waals surface area contributed by atoms with Gasteiger partial charge in [-0.3, -0.25) is 0 Å². The quantitative estimate of drug-likeness (QED) is 0.533. The van der Waals surface area contributed by atoms with Crippen LogP contribution in [0.15, 0.2) is 23.3 Å². The number of hydrogen-bond acceptors (Lipinski definition) is 4. The van der Waals surface area contributed by atoms with Crippen LogP contribution in [0.25, 0.3) is 0 Å². The van der Waals surface area contributed by atoms with Gasteiger partial charge in [-0.25, -0.2) is 0 Å². The largest absolute Gasteiger partial charge is 0.370 e. The van der Waals surface area contributed by atoms with Crippen molar-refractivity contribution < 1.29 is 19.0 Å². The molecule has 0 aromatic rings. The highest BCUT2D eigenvalue weighted by molar-refractivity contribution is 5.52. The number of allylic oxidation sites excluding steroid dienone is 3. The Labute approximate surface area is 151 Å². The molecule has 2 saturated heterocycles. The molecule has 0 radical (unpaired) electrons. The molecule has 3 rings (SSSR count). The van der Waals surface area contributed by atoms with Gasteiger partial charge in [0.05, 0.1) is 12.7 Å². The first-order valence-electron chi connectivity index (χ1n) is 9.43. The summed E-state index contributed by atoms with van der Waals surface area (Å²) < 4.78 is 18.4. The minimum absolute atomic E-state index is 0.0152. The van der Waals surface area contributed by atoms with Gasteiger partial charge >= 0.3 is 0 Å². The number of carbonyl (C=O) groups excluding carboxylic acids is 1. The van der Waals surface area contributed by atoms with Gasteiger partial charge in [-0.2, -0.15) is 0 Å². The summed E-state index contributed by atoms with van der Waals surface area (Å²) in [5.41, 5.74) is 2.06. The molecule has 2 aliphatic heterocycles. The molecule has 2 fully saturated rings. The van der Waals surface area contributed by atoms with Gasteiger partial charge in [0, 0.05) is 25.9 Å². The molecule has 0 amide bonds. The second kappa shape index (κ2) is 6.64. The summed E-state index contributed by atoms with van der Waals surface area (Å²) in [5.74, 6) is -0.531. The normalized spacial score (nSPS) is 42.5. The van der Waals surface area contributed by atoms with Crippen molar-refractivity contribution in [2.75, 3.05) is 13.7 Å². The van der Waals surface area contributed by atoms with Crippen LogP contribution < -0.4 is 0 Å². The molecule has 0 aromatic carbocycles. The zero-order valence-electron chi connectivity index (χ0n) is 16.3. The van der Waals surface area contributed by atoms with Crippen LogP contribution >= 0.6 is 0 Å². The van der Waals surface area contributed by atoms with Crippen molar-refractivity contribution in [3.8, 4) is 0 Å². The first-order chi connectivity index (χ1) is 11.8. The summed E-state index contributed by atoms with van der Waals surface area (Å²) in [5, 5.41) is 0. The van der Waals surface area contributed by atoms with Crippen molar-refractivity contribution in [1.82, 2.24) is 0 Å². The second-order valence-corrected chi connectivity index (χ2v) is 8.60. The van der Waals surface area contributed by atoms with Crippen LogP contribution in [0.3, 0.4) is 0 Å². The number of hydrogen-bond donors (Lipinski definition) is 0. The molecule has 0 unspecified atom stereocenters. The third-order valence-electron chi connectivity index (χ3n) is 6.57. The molecule has 25 heavy (non-hydrogen) atoms. The molecule has 0 bridgehead atoms. The van der Waals surface area contributed by atoms with E-state index in [2.05, 4.69) is 32.9 Å². The van der Waals surface area contributed by atoms with Crippen LogP contribution in [-0.4, -0.2) is 37.5 Å². The highest BCUT2D eigenvalue weighted by Gasteiger charge is 2.67. The van der Waals surface area contributed by atoms with Crippen LogP contribution in [0.1, 0.15) is 59.8 Å². The maximum atomic E-state index is 11.6. The van der Waals surface area contributed by atoms with Gasteiger partial charge in [-0.15, -0.1) is 0 Å².